The number of amides is 1. The van der Waals surface area contributed by atoms with Gasteiger partial charge in [-0.05, 0) is 48.5 Å². The monoisotopic (exact) mass is 471 g/mol. The van der Waals surface area contributed by atoms with Gasteiger partial charge in [-0.15, -0.1) is 0 Å². The molecule has 4 aromatic rings. The Kier molecular flexibility index (Phi) is 7.90. The molecule has 7 nitrogen and oxygen atoms in total. The van der Waals surface area contributed by atoms with E-state index in [1.54, 1.807) is 36.4 Å². The summed E-state index contributed by atoms with van der Waals surface area (Å²) in [4.78, 5) is 28.8. The number of aliphatic hydroxyl groups is 1. The van der Waals surface area contributed by atoms with Crippen LogP contribution >= 0.6 is 0 Å². The van der Waals surface area contributed by atoms with Gasteiger partial charge in [-0.25, -0.2) is 4.98 Å². The van der Waals surface area contributed by atoms with Crippen LogP contribution in [-0.4, -0.2) is 45.6 Å². The van der Waals surface area contributed by atoms with Crippen LogP contribution in [0.15, 0.2) is 78.9 Å². The molecule has 0 aliphatic carbocycles. The zero-order valence-electron chi connectivity index (χ0n) is 19.7. The zero-order valence-corrected chi connectivity index (χ0v) is 19.7. The molecule has 0 radical (unpaired) electrons. The Balaban J connectivity index is 1.39. The fraction of sp³-hybridized carbons (Fsp3) is 0.250. The third-order valence-electron chi connectivity index (χ3n) is 5.74. The number of carbonyl (C=O) groups excluding carboxylic acids is 2. The Morgan fingerprint density at radius 3 is 2.43 bits per heavy atom. The molecular formula is C28H29N3O4. The Morgan fingerprint density at radius 2 is 1.69 bits per heavy atom. The van der Waals surface area contributed by atoms with E-state index in [0.29, 0.717) is 42.8 Å². The topological polar surface area (TPSA) is 93.5 Å². The van der Waals surface area contributed by atoms with Gasteiger partial charge in [-0.2, -0.15) is 0 Å². The Bertz CT molecular complexity index is 1280. The molecule has 0 saturated carbocycles. The first-order valence-electron chi connectivity index (χ1n) is 11.8. The van der Waals surface area contributed by atoms with Crippen molar-refractivity contribution in [3.8, 4) is 5.75 Å². The van der Waals surface area contributed by atoms with E-state index in [2.05, 4.69) is 5.32 Å². The summed E-state index contributed by atoms with van der Waals surface area (Å²) in [5.74, 6) is 1.32. The van der Waals surface area contributed by atoms with E-state index in [1.165, 1.54) is 0 Å². The fourth-order valence-electron chi connectivity index (χ4n) is 3.90. The van der Waals surface area contributed by atoms with Crippen molar-refractivity contribution < 1.29 is 19.4 Å². The van der Waals surface area contributed by atoms with Crippen LogP contribution in [0.5, 0.6) is 5.75 Å². The molecule has 35 heavy (non-hydrogen) atoms. The minimum atomic E-state index is -0.776. The van der Waals surface area contributed by atoms with Gasteiger partial charge in [-0.3, -0.25) is 9.59 Å². The van der Waals surface area contributed by atoms with E-state index in [0.717, 1.165) is 16.9 Å². The third-order valence-corrected chi connectivity index (χ3v) is 5.74. The standard InChI is InChI=1S/C28H29N3O4/c1-2-26(33)20-12-14-23(15-13-20)35-19-22(32)18-31-25-11-7-6-10-24(25)30-27(31)16-17-29-28(34)21-8-4-3-5-9-21/h3-15,22,32H,2,16-19H2,1H3,(H,29,34). The lowest BCUT2D eigenvalue weighted by Crippen LogP contribution is -2.28. The highest BCUT2D eigenvalue weighted by atomic mass is 16.5. The highest BCUT2D eigenvalue weighted by Gasteiger charge is 2.15. The molecule has 0 aliphatic heterocycles. The number of imidazole rings is 1. The van der Waals surface area contributed by atoms with Gasteiger partial charge >= 0.3 is 0 Å². The van der Waals surface area contributed by atoms with Crippen LogP contribution in [0.1, 0.15) is 39.9 Å². The quantitative estimate of drug-likeness (QED) is 0.322. The van der Waals surface area contributed by atoms with Gasteiger partial charge in [0.1, 0.15) is 24.3 Å². The maximum absolute atomic E-state index is 12.4. The molecule has 1 heterocycles. The number of carbonyl (C=O) groups is 2. The average Bonchev–Trinajstić information content (AvgIpc) is 3.24. The highest BCUT2D eigenvalue weighted by molar-refractivity contribution is 5.96. The van der Waals surface area contributed by atoms with Crippen LogP contribution in [0.3, 0.4) is 0 Å². The van der Waals surface area contributed by atoms with Crippen LogP contribution in [0.4, 0.5) is 0 Å². The van der Waals surface area contributed by atoms with Gasteiger partial charge in [-0.1, -0.05) is 37.3 Å². The number of hydrogen-bond donors (Lipinski definition) is 2. The maximum Gasteiger partial charge on any atom is 0.251 e. The summed E-state index contributed by atoms with van der Waals surface area (Å²) < 4.78 is 7.72. The second-order valence-corrected chi connectivity index (χ2v) is 8.27. The molecule has 1 amide bonds. The van der Waals surface area contributed by atoms with Gasteiger partial charge in [0.2, 0.25) is 0 Å². The van der Waals surface area contributed by atoms with Crippen molar-refractivity contribution in [1.82, 2.24) is 14.9 Å². The van der Waals surface area contributed by atoms with E-state index in [9.17, 15) is 14.7 Å². The van der Waals surface area contributed by atoms with E-state index in [-0.39, 0.29) is 18.3 Å². The predicted molar refractivity (Wildman–Crippen MR) is 135 cm³/mol. The van der Waals surface area contributed by atoms with E-state index < -0.39 is 6.10 Å². The number of benzene rings is 3. The minimum Gasteiger partial charge on any atom is -0.491 e. The molecule has 3 aromatic carbocycles. The number of nitrogens with one attached hydrogen (secondary N) is 1. The fourth-order valence-corrected chi connectivity index (χ4v) is 3.90. The summed E-state index contributed by atoms with van der Waals surface area (Å²) in [5.41, 5.74) is 3.01. The molecule has 0 spiro atoms. The number of para-hydroxylation sites is 2. The lowest BCUT2D eigenvalue weighted by atomic mass is 10.1. The van der Waals surface area contributed by atoms with Gasteiger partial charge < -0.3 is 19.7 Å². The number of aromatic nitrogens is 2. The molecule has 0 aliphatic rings. The molecular weight excluding hydrogens is 442 g/mol. The molecule has 1 aromatic heterocycles. The van der Waals surface area contributed by atoms with Crippen molar-refractivity contribution in [2.75, 3.05) is 13.2 Å². The second-order valence-electron chi connectivity index (χ2n) is 8.27. The van der Waals surface area contributed by atoms with Crippen molar-refractivity contribution in [1.29, 1.82) is 0 Å². The molecule has 2 N–H and O–H groups in total. The molecule has 0 bridgehead atoms. The number of Topliss-reactive ketones (excluding diaryl/α,β-unsaturated/α-hetero) is 1. The van der Waals surface area contributed by atoms with Gasteiger partial charge in [0.05, 0.1) is 17.6 Å². The Morgan fingerprint density at radius 1 is 0.971 bits per heavy atom. The third kappa shape index (κ3) is 6.13. The molecule has 0 fully saturated rings. The number of hydrogen-bond acceptors (Lipinski definition) is 5. The number of ketones is 1. The number of fused-ring (bicyclic) bond motifs is 1. The summed E-state index contributed by atoms with van der Waals surface area (Å²) >= 11 is 0. The summed E-state index contributed by atoms with van der Waals surface area (Å²) in [5, 5.41) is 13.6. The van der Waals surface area contributed by atoms with Crippen molar-refractivity contribution >= 4 is 22.7 Å². The van der Waals surface area contributed by atoms with Crippen molar-refractivity contribution in [2.45, 2.75) is 32.4 Å². The number of rotatable bonds is 11. The van der Waals surface area contributed by atoms with Gasteiger partial charge in [0.25, 0.3) is 5.91 Å². The molecule has 1 atom stereocenters. The first kappa shape index (κ1) is 24.2. The van der Waals surface area contributed by atoms with Crippen molar-refractivity contribution in [2.24, 2.45) is 0 Å². The predicted octanol–water partition coefficient (Wildman–Crippen LogP) is 4.04. The average molecular weight is 472 g/mol. The zero-order chi connectivity index (χ0) is 24.6. The summed E-state index contributed by atoms with van der Waals surface area (Å²) in [6, 6.07) is 23.8. The first-order valence-corrected chi connectivity index (χ1v) is 11.8. The summed E-state index contributed by atoms with van der Waals surface area (Å²) in [6.45, 7) is 2.65. The van der Waals surface area contributed by atoms with Crippen LogP contribution in [0.2, 0.25) is 0 Å². The number of ether oxygens (including phenoxy) is 1. The SMILES string of the molecule is CCC(=O)c1ccc(OCC(O)Cn2c(CCNC(=O)c3ccccc3)nc3ccccc32)cc1. The molecule has 7 heteroatoms. The summed E-state index contributed by atoms with van der Waals surface area (Å²) in [7, 11) is 0. The van der Waals surface area contributed by atoms with Crippen LogP contribution in [-0.2, 0) is 13.0 Å². The highest BCUT2D eigenvalue weighted by Crippen LogP contribution is 2.18. The molecule has 1 unspecified atom stereocenters. The van der Waals surface area contributed by atoms with Crippen LogP contribution in [0.25, 0.3) is 11.0 Å². The van der Waals surface area contributed by atoms with Crippen molar-refractivity contribution in [3.05, 3.63) is 95.8 Å². The smallest absolute Gasteiger partial charge is 0.251 e. The van der Waals surface area contributed by atoms with E-state index in [1.807, 2.05) is 54.0 Å². The molecule has 0 saturated heterocycles. The van der Waals surface area contributed by atoms with Gasteiger partial charge in [0.15, 0.2) is 5.78 Å². The van der Waals surface area contributed by atoms with Crippen molar-refractivity contribution in [3.63, 3.8) is 0 Å². The van der Waals surface area contributed by atoms with E-state index in [4.69, 9.17) is 9.72 Å². The number of nitrogens with zero attached hydrogens (tertiary/aromatic N) is 2. The molecule has 180 valence electrons. The molecule has 4 rings (SSSR count). The first-order chi connectivity index (χ1) is 17.0. The van der Waals surface area contributed by atoms with E-state index >= 15 is 0 Å². The summed E-state index contributed by atoms with van der Waals surface area (Å²) in [6.07, 6.45) is 0.200. The number of aliphatic hydroxyl groups excluding tert-OH is 1. The minimum absolute atomic E-state index is 0.0797. The normalized spacial score (nSPS) is 11.8. The maximum atomic E-state index is 12.4. The lowest BCUT2D eigenvalue weighted by Gasteiger charge is -2.16. The Labute approximate surface area is 204 Å². The van der Waals surface area contributed by atoms with Crippen LogP contribution < -0.4 is 10.1 Å². The largest absolute Gasteiger partial charge is 0.491 e. The lowest BCUT2D eigenvalue weighted by molar-refractivity contribution is 0.0922. The van der Waals surface area contributed by atoms with Gasteiger partial charge in [0, 0.05) is 30.5 Å². The van der Waals surface area contributed by atoms with Crippen LogP contribution in [0, 0.1) is 0 Å². The second kappa shape index (κ2) is 11.4. The Hall–Kier alpha value is -3.97.